The lowest BCUT2D eigenvalue weighted by Gasteiger charge is -2.09. The molecule has 0 aliphatic rings. The van der Waals surface area contributed by atoms with Crippen molar-refractivity contribution in [3.05, 3.63) is 66.4 Å². The highest BCUT2D eigenvalue weighted by Gasteiger charge is 2.30. The first kappa shape index (κ1) is 13.4. The maximum absolute atomic E-state index is 12.5. The molecule has 21 heavy (non-hydrogen) atoms. The van der Waals surface area contributed by atoms with Crippen LogP contribution < -0.4 is 4.74 Å². The fourth-order valence-electron chi connectivity index (χ4n) is 2.00. The van der Waals surface area contributed by atoms with Gasteiger partial charge in [-0.05, 0) is 41.8 Å². The molecule has 3 rings (SSSR count). The van der Waals surface area contributed by atoms with Gasteiger partial charge in [0.2, 0.25) is 5.88 Å². The van der Waals surface area contributed by atoms with Crippen molar-refractivity contribution in [2.24, 2.45) is 0 Å². The maximum atomic E-state index is 12.5. The van der Waals surface area contributed by atoms with Crippen LogP contribution in [-0.2, 0) is 6.18 Å². The van der Waals surface area contributed by atoms with Gasteiger partial charge in [0.25, 0.3) is 0 Å². The van der Waals surface area contributed by atoms with Gasteiger partial charge in [0.1, 0.15) is 5.75 Å². The van der Waals surface area contributed by atoms with Gasteiger partial charge in [-0.3, -0.25) is 0 Å². The first-order chi connectivity index (χ1) is 10.0. The molecule has 0 aliphatic carbocycles. The molecule has 0 atom stereocenters. The molecule has 0 amide bonds. The number of hydrogen-bond acceptors (Lipinski definition) is 2. The second-order valence-electron chi connectivity index (χ2n) is 4.46. The van der Waals surface area contributed by atoms with E-state index in [1.165, 1.54) is 12.1 Å². The number of pyridine rings is 1. The molecule has 0 fully saturated rings. The van der Waals surface area contributed by atoms with Gasteiger partial charge in [0.15, 0.2) is 0 Å². The SMILES string of the molecule is FC(F)(F)c1ccc(Oc2nccc3ccccc23)cc1. The molecular weight excluding hydrogens is 279 g/mol. The molecule has 0 spiro atoms. The van der Waals surface area contributed by atoms with E-state index < -0.39 is 11.7 Å². The summed E-state index contributed by atoms with van der Waals surface area (Å²) in [6.45, 7) is 0. The van der Waals surface area contributed by atoms with Crippen LogP contribution in [0.15, 0.2) is 60.8 Å². The number of rotatable bonds is 2. The lowest BCUT2D eigenvalue weighted by atomic mass is 10.2. The van der Waals surface area contributed by atoms with Crippen LogP contribution in [0.4, 0.5) is 13.2 Å². The van der Waals surface area contributed by atoms with Crippen molar-refractivity contribution in [1.29, 1.82) is 0 Å². The van der Waals surface area contributed by atoms with Gasteiger partial charge in [0.05, 0.1) is 5.56 Å². The van der Waals surface area contributed by atoms with E-state index in [1.54, 1.807) is 6.20 Å². The molecule has 0 N–H and O–H groups in total. The second kappa shape index (κ2) is 5.09. The van der Waals surface area contributed by atoms with Crippen molar-refractivity contribution >= 4 is 10.8 Å². The van der Waals surface area contributed by atoms with Crippen molar-refractivity contribution in [2.75, 3.05) is 0 Å². The summed E-state index contributed by atoms with van der Waals surface area (Å²) in [5.74, 6) is 0.680. The Morgan fingerprint density at radius 3 is 2.29 bits per heavy atom. The summed E-state index contributed by atoms with van der Waals surface area (Å²) in [5, 5.41) is 1.76. The Balaban J connectivity index is 1.92. The summed E-state index contributed by atoms with van der Waals surface area (Å²) in [4.78, 5) is 4.13. The number of ether oxygens (including phenoxy) is 1. The van der Waals surface area contributed by atoms with Crippen LogP contribution in [-0.4, -0.2) is 4.98 Å². The van der Waals surface area contributed by atoms with Crippen molar-refractivity contribution in [3.63, 3.8) is 0 Å². The fourth-order valence-corrected chi connectivity index (χ4v) is 2.00. The highest BCUT2D eigenvalue weighted by Crippen LogP contribution is 2.32. The van der Waals surface area contributed by atoms with Gasteiger partial charge in [0, 0.05) is 11.6 Å². The van der Waals surface area contributed by atoms with Crippen molar-refractivity contribution in [3.8, 4) is 11.6 Å². The average molecular weight is 289 g/mol. The highest BCUT2D eigenvalue weighted by molar-refractivity contribution is 5.86. The first-order valence-corrected chi connectivity index (χ1v) is 6.23. The van der Waals surface area contributed by atoms with E-state index in [4.69, 9.17) is 4.74 Å². The molecule has 2 aromatic carbocycles. The molecule has 0 bridgehead atoms. The normalized spacial score (nSPS) is 11.6. The quantitative estimate of drug-likeness (QED) is 0.659. The zero-order valence-corrected chi connectivity index (χ0v) is 10.8. The van der Waals surface area contributed by atoms with E-state index in [0.717, 1.165) is 22.9 Å². The lowest BCUT2D eigenvalue weighted by Crippen LogP contribution is -2.04. The van der Waals surface area contributed by atoms with Crippen molar-refractivity contribution in [2.45, 2.75) is 6.18 Å². The maximum Gasteiger partial charge on any atom is 0.416 e. The first-order valence-electron chi connectivity index (χ1n) is 6.23. The van der Waals surface area contributed by atoms with Gasteiger partial charge < -0.3 is 4.74 Å². The van der Waals surface area contributed by atoms with Gasteiger partial charge in [-0.25, -0.2) is 4.98 Å². The van der Waals surface area contributed by atoms with E-state index in [2.05, 4.69) is 4.98 Å². The summed E-state index contributed by atoms with van der Waals surface area (Å²) < 4.78 is 43.1. The molecule has 0 saturated carbocycles. The highest BCUT2D eigenvalue weighted by atomic mass is 19.4. The Bertz CT molecular complexity index is 761. The summed E-state index contributed by atoms with van der Waals surface area (Å²) in [5.41, 5.74) is -0.708. The van der Waals surface area contributed by atoms with E-state index in [-0.39, 0.29) is 0 Å². The number of halogens is 3. The monoisotopic (exact) mass is 289 g/mol. The second-order valence-corrected chi connectivity index (χ2v) is 4.46. The molecule has 1 heterocycles. The van der Waals surface area contributed by atoms with E-state index in [9.17, 15) is 13.2 Å². The molecule has 3 aromatic rings. The van der Waals surface area contributed by atoms with E-state index >= 15 is 0 Å². The van der Waals surface area contributed by atoms with Gasteiger partial charge in [-0.1, -0.05) is 18.2 Å². The zero-order valence-electron chi connectivity index (χ0n) is 10.8. The van der Waals surface area contributed by atoms with Crippen LogP contribution in [0.25, 0.3) is 10.8 Å². The third-order valence-electron chi connectivity index (χ3n) is 3.03. The Morgan fingerprint density at radius 1 is 0.857 bits per heavy atom. The number of nitrogens with zero attached hydrogens (tertiary/aromatic N) is 1. The molecule has 5 heteroatoms. The Labute approximate surface area is 118 Å². The fraction of sp³-hybridized carbons (Fsp3) is 0.0625. The third kappa shape index (κ3) is 2.81. The predicted molar refractivity (Wildman–Crippen MR) is 73.3 cm³/mol. The van der Waals surface area contributed by atoms with E-state index in [1.807, 2.05) is 30.3 Å². The Kier molecular flexibility index (Phi) is 3.25. The van der Waals surface area contributed by atoms with Crippen LogP contribution >= 0.6 is 0 Å². The molecule has 0 saturated heterocycles. The van der Waals surface area contributed by atoms with E-state index in [0.29, 0.717) is 11.6 Å². The molecular formula is C16H10F3NO. The average Bonchev–Trinajstić information content (AvgIpc) is 2.47. The number of fused-ring (bicyclic) bond motifs is 1. The summed E-state index contributed by atoms with van der Waals surface area (Å²) in [7, 11) is 0. The third-order valence-corrected chi connectivity index (χ3v) is 3.03. The molecule has 106 valence electrons. The van der Waals surface area contributed by atoms with Gasteiger partial charge in [-0.2, -0.15) is 13.2 Å². The molecule has 1 aromatic heterocycles. The van der Waals surface area contributed by atoms with Crippen LogP contribution in [0, 0.1) is 0 Å². The summed E-state index contributed by atoms with van der Waals surface area (Å²) >= 11 is 0. The minimum Gasteiger partial charge on any atom is -0.438 e. The molecule has 2 nitrogen and oxygen atoms in total. The van der Waals surface area contributed by atoms with Crippen LogP contribution in [0.2, 0.25) is 0 Å². The Hall–Kier alpha value is -2.56. The number of hydrogen-bond donors (Lipinski definition) is 0. The van der Waals surface area contributed by atoms with Gasteiger partial charge in [-0.15, -0.1) is 0 Å². The predicted octanol–water partition coefficient (Wildman–Crippen LogP) is 5.05. The smallest absolute Gasteiger partial charge is 0.416 e. The van der Waals surface area contributed by atoms with Crippen LogP contribution in [0.5, 0.6) is 11.6 Å². The lowest BCUT2D eigenvalue weighted by molar-refractivity contribution is -0.137. The number of aromatic nitrogens is 1. The Morgan fingerprint density at radius 2 is 1.57 bits per heavy atom. The van der Waals surface area contributed by atoms with Crippen molar-refractivity contribution in [1.82, 2.24) is 4.98 Å². The molecule has 0 radical (unpaired) electrons. The number of alkyl halides is 3. The minimum absolute atomic E-state index is 0.312. The number of benzene rings is 2. The summed E-state index contributed by atoms with van der Waals surface area (Å²) in [6.07, 6.45) is -2.75. The van der Waals surface area contributed by atoms with Crippen LogP contribution in [0.1, 0.15) is 5.56 Å². The van der Waals surface area contributed by atoms with Crippen LogP contribution in [0.3, 0.4) is 0 Å². The molecule has 0 unspecified atom stereocenters. The standard InChI is InChI=1S/C16H10F3NO/c17-16(18,19)12-5-7-13(8-6-12)21-15-14-4-2-1-3-11(14)9-10-20-15/h1-10H. The minimum atomic E-state index is -4.35. The summed E-state index contributed by atoms with van der Waals surface area (Å²) in [6, 6.07) is 13.9. The zero-order chi connectivity index (χ0) is 14.9. The topological polar surface area (TPSA) is 22.1 Å². The van der Waals surface area contributed by atoms with Crippen molar-refractivity contribution < 1.29 is 17.9 Å². The largest absolute Gasteiger partial charge is 0.438 e. The van der Waals surface area contributed by atoms with Gasteiger partial charge >= 0.3 is 6.18 Å². The molecule has 0 aliphatic heterocycles.